The first-order valence-corrected chi connectivity index (χ1v) is 9.16. The van der Waals surface area contributed by atoms with Crippen molar-refractivity contribution in [2.24, 2.45) is 0 Å². The van der Waals surface area contributed by atoms with Crippen molar-refractivity contribution in [1.82, 2.24) is 4.98 Å². The van der Waals surface area contributed by atoms with Crippen LogP contribution in [0.1, 0.15) is 26.3 Å². The third-order valence-corrected chi connectivity index (χ3v) is 5.42. The lowest BCUT2D eigenvalue weighted by molar-refractivity contribution is 0.591. The number of pyridine rings is 1. The molecule has 0 unspecified atom stereocenters. The Morgan fingerprint density at radius 3 is 1.88 bits per heavy atom. The topological polar surface area (TPSA) is 12.9 Å². The van der Waals surface area contributed by atoms with Gasteiger partial charge in [-0.05, 0) is 50.8 Å². The van der Waals surface area contributed by atoms with Crippen LogP contribution in [0.15, 0.2) is 72.9 Å². The molecule has 0 N–H and O–H groups in total. The minimum Gasteiger partial charge on any atom is -0.256 e. The Balaban J connectivity index is 2.03. The minimum absolute atomic E-state index is 0.0994. The molecule has 0 radical (unpaired) electrons. The van der Waals surface area contributed by atoms with E-state index in [-0.39, 0.29) is 5.41 Å². The van der Waals surface area contributed by atoms with Gasteiger partial charge in [-0.1, -0.05) is 75.4 Å². The molecule has 0 spiro atoms. The van der Waals surface area contributed by atoms with Crippen LogP contribution in [0.4, 0.5) is 0 Å². The number of benzene rings is 3. The van der Waals surface area contributed by atoms with Gasteiger partial charge in [0.2, 0.25) is 0 Å². The number of fused-ring (bicyclic) bond motifs is 5. The summed E-state index contributed by atoms with van der Waals surface area (Å²) in [5.41, 5.74) is 8.90. The fourth-order valence-corrected chi connectivity index (χ4v) is 4.04. The highest BCUT2D eigenvalue weighted by Gasteiger charge is 2.24. The van der Waals surface area contributed by atoms with E-state index < -0.39 is 0 Å². The Labute approximate surface area is 154 Å². The van der Waals surface area contributed by atoms with E-state index in [1.54, 1.807) is 0 Å². The molecule has 0 saturated carbocycles. The van der Waals surface area contributed by atoms with Crippen LogP contribution in [0, 0.1) is 0 Å². The van der Waals surface area contributed by atoms with E-state index in [4.69, 9.17) is 4.98 Å². The highest BCUT2D eigenvalue weighted by molar-refractivity contribution is 6.12. The number of aromatic nitrogens is 1. The summed E-state index contributed by atoms with van der Waals surface area (Å²) in [7, 11) is 0. The average molecular weight is 335 g/mol. The second-order valence-electron chi connectivity index (χ2n) is 8.12. The minimum atomic E-state index is 0.0994. The molecule has 0 bridgehead atoms. The first-order chi connectivity index (χ1) is 12.5. The molecule has 1 heterocycles. The molecule has 1 aromatic heterocycles. The molecule has 3 aromatic carbocycles. The number of hydrogen-bond acceptors (Lipinski definition) is 1. The summed E-state index contributed by atoms with van der Waals surface area (Å²) >= 11 is 0. The molecule has 1 heteroatoms. The molecule has 0 aliphatic heterocycles. The average Bonchev–Trinajstić information content (AvgIpc) is 2.77. The monoisotopic (exact) mass is 335 g/mol. The second kappa shape index (κ2) is 5.28. The maximum atomic E-state index is 4.81. The maximum Gasteiger partial charge on any atom is 0.0792 e. The summed E-state index contributed by atoms with van der Waals surface area (Å²) in [5.74, 6) is 0. The first-order valence-electron chi connectivity index (χ1n) is 9.16. The van der Waals surface area contributed by atoms with Gasteiger partial charge in [-0.2, -0.15) is 0 Å². The van der Waals surface area contributed by atoms with Crippen LogP contribution in [0.25, 0.3) is 44.3 Å². The maximum absolute atomic E-state index is 4.81. The van der Waals surface area contributed by atoms with Gasteiger partial charge in [0.15, 0.2) is 0 Å². The standard InChI is InChI=1S/C25H21N/c1-25(2,3)17-14-16-12-13-26-24-21-11-7-6-9-19(21)18-8-4-5-10-20(18)22(15-17)23(16)24/h4-15H,1-3H3. The molecule has 1 aliphatic rings. The SMILES string of the molecule is CC(C)(C)c1cc2c3c(nccc3c1)-c1ccccc1-c1ccccc1-2. The van der Waals surface area contributed by atoms with Crippen LogP contribution in [0.3, 0.4) is 0 Å². The van der Waals surface area contributed by atoms with E-state index >= 15 is 0 Å². The summed E-state index contributed by atoms with van der Waals surface area (Å²) in [4.78, 5) is 4.81. The highest BCUT2D eigenvalue weighted by atomic mass is 14.7. The van der Waals surface area contributed by atoms with Gasteiger partial charge in [-0.15, -0.1) is 0 Å². The zero-order valence-electron chi connectivity index (χ0n) is 15.4. The van der Waals surface area contributed by atoms with Gasteiger partial charge in [0, 0.05) is 17.1 Å². The van der Waals surface area contributed by atoms with E-state index in [0.717, 1.165) is 5.69 Å². The second-order valence-corrected chi connectivity index (χ2v) is 8.12. The van der Waals surface area contributed by atoms with Crippen LogP contribution in [0.5, 0.6) is 0 Å². The van der Waals surface area contributed by atoms with Crippen LogP contribution in [-0.4, -0.2) is 4.98 Å². The van der Waals surface area contributed by atoms with Gasteiger partial charge in [0.25, 0.3) is 0 Å². The van der Waals surface area contributed by atoms with E-state index in [1.807, 2.05) is 6.20 Å². The lowest BCUT2D eigenvalue weighted by Gasteiger charge is -2.22. The molecule has 0 saturated heterocycles. The Morgan fingerprint density at radius 2 is 1.23 bits per heavy atom. The van der Waals surface area contributed by atoms with Crippen molar-refractivity contribution in [3.8, 4) is 33.5 Å². The smallest absolute Gasteiger partial charge is 0.0792 e. The molecule has 5 rings (SSSR count). The molecule has 1 aliphatic carbocycles. The summed E-state index contributed by atoms with van der Waals surface area (Å²) < 4.78 is 0. The van der Waals surface area contributed by atoms with Gasteiger partial charge in [-0.3, -0.25) is 4.98 Å². The predicted molar refractivity (Wildman–Crippen MR) is 110 cm³/mol. The Morgan fingerprint density at radius 1 is 0.654 bits per heavy atom. The molecule has 26 heavy (non-hydrogen) atoms. The fourth-order valence-electron chi connectivity index (χ4n) is 4.04. The number of rotatable bonds is 0. The van der Waals surface area contributed by atoms with Crippen LogP contribution in [0.2, 0.25) is 0 Å². The Bertz CT molecular complexity index is 1160. The quantitative estimate of drug-likeness (QED) is 0.302. The number of hydrogen-bond donors (Lipinski definition) is 0. The molecule has 4 aromatic rings. The highest BCUT2D eigenvalue weighted by Crippen LogP contribution is 2.47. The molecule has 126 valence electrons. The van der Waals surface area contributed by atoms with E-state index in [1.165, 1.54) is 44.2 Å². The van der Waals surface area contributed by atoms with E-state index in [9.17, 15) is 0 Å². The first kappa shape index (κ1) is 15.3. The zero-order chi connectivity index (χ0) is 17.9. The van der Waals surface area contributed by atoms with Crippen molar-refractivity contribution in [2.75, 3.05) is 0 Å². The fraction of sp³-hybridized carbons (Fsp3) is 0.160. The third kappa shape index (κ3) is 2.13. The van der Waals surface area contributed by atoms with Gasteiger partial charge in [0.05, 0.1) is 5.69 Å². The third-order valence-electron chi connectivity index (χ3n) is 5.42. The number of nitrogens with zero attached hydrogens (tertiary/aromatic N) is 1. The van der Waals surface area contributed by atoms with Crippen molar-refractivity contribution in [3.05, 3.63) is 78.5 Å². The van der Waals surface area contributed by atoms with Crippen LogP contribution < -0.4 is 0 Å². The van der Waals surface area contributed by atoms with Crippen molar-refractivity contribution < 1.29 is 0 Å². The molecule has 1 nitrogen and oxygen atoms in total. The lowest BCUT2D eigenvalue weighted by atomic mass is 9.83. The van der Waals surface area contributed by atoms with Gasteiger partial charge < -0.3 is 0 Å². The molecular formula is C25H21N. The molecule has 0 fully saturated rings. The molecular weight excluding hydrogens is 314 g/mol. The van der Waals surface area contributed by atoms with Gasteiger partial charge in [-0.25, -0.2) is 0 Å². The van der Waals surface area contributed by atoms with Crippen LogP contribution in [-0.2, 0) is 5.41 Å². The van der Waals surface area contributed by atoms with Crippen molar-refractivity contribution in [1.29, 1.82) is 0 Å². The summed E-state index contributed by atoms with van der Waals surface area (Å²) in [6, 6.07) is 24.2. The van der Waals surface area contributed by atoms with Gasteiger partial charge >= 0.3 is 0 Å². The van der Waals surface area contributed by atoms with Crippen molar-refractivity contribution >= 4 is 10.8 Å². The predicted octanol–water partition coefficient (Wildman–Crippen LogP) is 6.85. The van der Waals surface area contributed by atoms with E-state index in [0.29, 0.717) is 0 Å². The van der Waals surface area contributed by atoms with E-state index in [2.05, 4.69) is 87.5 Å². The van der Waals surface area contributed by atoms with Gasteiger partial charge in [0.1, 0.15) is 0 Å². The summed E-state index contributed by atoms with van der Waals surface area (Å²) in [6.45, 7) is 6.83. The van der Waals surface area contributed by atoms with Crippen molar-refractivity contribution in [2.45, 2.75) is 26.2 Å². The summed E-state index contributed by atoms with van der Waals surface area (Å²) in [6.07, 6.45) is 1.95. The lowest BCUT2D eigenvalue weighted by Crippen LogP contribution is -2.11. The Hall–Kier alpha value is -2.93. The normalized spacial score (nSPS) is 12.4. The largest absolute Gasteiger partial charge is 0.256 e. The molecule has 0 atom stereocenters. The van der Waals surface area contributed by atoms with Crippen LogP contribution >= 0.6 is 0 Å². The summed E-state index contributed by atoms with van der Waals surface area (Å²) in [5, 5.41) is 2.53. The molecule has 0 amide bonds. The van der Waals surface area contributed by atoms with Crippen molar-refractivity contribution in [3.63, 3.8) is 0 Å². The Kier molecular flexibility index (Phi) is 3.12. The zero-order valence-corrected chi connectivity index (χ0v) is 15.4.